The third-order valence-electron chi connectivity index (χ3n) is 8.78. The maximum Gasteiger partial charge on any atom is 0.176 e. The standard InChI is InChI=1S/C29H28F2N6O2S/c1-28(2)19-12-13-29(28,24-9-5-8-22(34-24)27-32-17-33-37(27)14-15-40(3,38)39)25-11-10-18(19)16-23(35-36-25)26-20(30)6-4-7-21(26)31/h4-9,16-19,25H,12-15H2,1-3H3/b23-16-,36-35?/t18?,19-,25?,29-/m0/s1. The third kappa shape index (κ3) is 4.17. The zero-order chi connectivity index (χ0) is 28.3. The molecule has 11 heteroatoms. The van der Waals surface area contributed by atoms with Crippen molar-refractivity contribution in [2.75, 3.05) is 12.0 Å². The number of sulfone groups is 1. The number of allylic oxidation sites excluding steroid dienone is 1. The number of benzene rings is 1. The molecule has 3 aliphatic rings. The molecule has 3 aromatic rings. The van der Waals surface area contributed by atoms with E-state index in [2.05, 4.69) is 46.0 Å². The van der Waals surface area contributed by atoms with Crippen LogP contribution < -0.4 is 0 Å². The van der Waals surface area contributed by atoms with Gasteiger partial charge in [-0.05, 0) is 54.5 Å². The summed E-state index contributed by atoms with van der Waals surface area (Å²) in [7, 11) is -3.19. The van der Waals surface area contributed by atoms with E-state index in [9.17, 15) is 17.2 Å². The molecular formula is C29H28F2N6O2S. The summed E-state index contributed by atoms with van der Waals surface area (Å²) in [5.41, 5.74) is 0.287. The average molecular weight is 563 g/mol. The maximum atomic E-state index is 14.8. The average Bonchev–Trinajstić information content (AvgIpc) is 3.44. The second-order valence-corrected chi connectivity index (χ2v) is 13.5. The van der Waals surface area contributed by atoms with Crippen molar-refractivity contribution >= 4 is 15.5 Å². The number of hydrogen-bond acceptors (Lipinski definition) is 7. The molecular weight excluding hydrogens is 534 g/mol. The van der Waals surface area contributed by atoms with Crippen molar-refractivity contribution in [2.24, 2.45) is 27.5 Å². The summed E-state index contributed by atoms with van der Waals surface area (Å²) in [4.78, 5) is 9.42. The molecule has 1 aromatic carbocycles. The second kappa shape index (κ2) is 9.41. The van der Waals surface area contributed by atoms with Gasteiger partial charge in [0.25, 0.3) is 0 Å². The molecule has 4 atom stereocenters. The van der Waals surface area contributed by atoms with E-state index in [0.29, 0.717) is 11.5 Å². The second-order valence-electron chi connectivity index (χ2n) is 11.3. The van der Waals surface area contributed by atoms with E-state index in [0.717, 1.165) is 18.5 Å². The molecule has 2 unspecified atom stereocenters. The van der Waals surface area contributed by atoms with E-state index in [4.69, 9.17) is 4.98 Å². The number of nitrogens with zero attached hydrogens (tertiary/aromatic N) is 6. The maximum absolute atomic E-state index is 14.8. The van der Waals surface area contributed by atoms with Crippen LogP contribution in [-0.4, -0.2) is 46.2 Å². The molecule has 4 bridgehead atoms. The van der Waals surface area contributed by atoms with Crippen molar-refractivity contribution in [3.63, 3.8) is 0 Å². The lowest BCUT2D eigenvalue weighted by Gasteiger charge is -2.45. The van der Waals surface area contributed by atoms with Gasteiger partial charge < -0.3 is 0 Å². The van der Waals surface area contributed by atoms with E-state index < -0.39 is 32.9 Å². The molecule has 0 radical (unpaired) electrons. The van der Waals surface area contributed by atoms with Gasteiger partial charge in [0, 0.05) is 12.2 Å². The van der Waals surface area contributed by atoms with Crippen LogP contribution in [0.5, 0.6) is 0 Å². The summed E-state index contributed by atoms with van der Waals surface area (Å²) < 4.78 is 54.5. The van der Waals surface area contributed by atoms with Gasteiger partial charge in [-0.15, -0.1) is 0 Å². The molecule has 1 saturated carbocycles. The zero-order valence-electron chi connectivity index (χ0n) is 22.3. The smallest absolute Gasteiger partial charge is 0.176 e. The Morgan fingerprint density at radius 1 is 1.10 bits per heavy atom. The first-order chi connectivity index (χ1) is 19.0. The van der Waals surface area contributed by atoms with Crippen molar-refractivity contribution in [1.82, 2.24) is 19.7 Å². The third-order valence-corrected chi connectivity index (χ3v) is 9.70. The molecule has 2 aromatic heterocycles. The predicted octanol–water partition coefficient (Wildman–Crippen LogP) is 4.85. The number of fused-ring (bicyclic) bond motifs is 6. The quantitative estimate of drug-likeness (QED) is 0.400. The van der Waals surface area contributed by atoms with Crippen LogP contribution in [0.2, 0.25) is 0 Å². The van der Waals surface area contributed by atoms with Crippen molar-refractivity contribution in [2.45, 2.75) is 44.7 Å². The van der Waals surface area contributed by atoms with Gasteiger partial charge in [-0.2, -0.15) is 15.3 Å². The molecule has 206 valence electrons. The van der Waals surface area contributed by atoms with Gasteiger partial charge in [-0.1, -0.05) is 37.8 Å². The van der Waals surface area contributed by atoms with Crippen LogP contribution in [0.15, 0.2) is 59.0 Å². The Morgan fingerprint density at radius 3 is 2.60 bits per heavy atom. The molecule has 0 spiro atoms. The summed E-state index contributed by atoms with van der Waals surface area (Å²) in [6.45, 7) is 4.52. The van der Waals surface area contributed by atoms with E-state index in [1.165, 1.54) is 30.8 Å². The number of hydrogen-bond donors (Lipinski definition) is 0. The van der Waals surface area contributed by atoms with Crippen LogP contribution in [0.3, 0.4) is 0 Å². The van der Waals surface area contributed by atoms with Gasteiger partial charge in [0.1, 0.15) is 39.5 Å². The highest BCUT2D eigenvalue weighted by atomic mass is 32.2. The van der Waals surface area contributed by atoms with Crippen LogP contribution in [-0.2, 0) is 21.8 Å². The van der Waals surface area contributed by atoms with Crippen LogP contribution in [0, 0.1) is 40.7 Å². The molecule has 3 heterocycles. The van der Waals surface area contributed by atoms with Crippen molar-refractivity contribution < 1.29 is 17.2 Å². The zero-order valence-corrected chi connectivity index (χ0v) is 23.2. The van der Waals surface area contributed by atoms with E-state index >= 15 is 0 Å². The van der Waals surface area contributed by atoms with Gasteiger partial charge in [-0.3, -0.25) is 0 Å². The first-order valence-corrected chi connectivity index (χ1v) is 15.2. The van der Waals surface area contributed by atoms with Crippen LogP contribution in [0.4, 0.5) is 8.78 Å². The fraction of sp³-hybridized carbons (Fsp3) is 0.414. The van der Waals surface area contributed by atoms with Gasteiger partial charge in [-0.25, -0.2) is 31.8 Å². The van der Waals surface area contributed by atoms with E-state index in [1.807, 2.05) is 18.2 Å². The molecule has 0 N–H and O–H groups in total. The van der Waals surface area contributed by atoms with Gasteiger partial charge in [0.15, 0.2) is 5.82 Å². The number of pyridine rings is 1. The molecule has 2 aliphatic carbocycles. The largest absolute Gasteiger partial charge is 0.249 e. The van der Waals surface area contributed by atoms with Gasteiger partial charge in [0.2, 0.25) is 0 Å². The van der Waals surface area contributed by atoms with E-state index in [1.54, 1.807) is 10.8 Å². The highest BCUT2D eigenvalue weighted by Gasteiger charge is 2.62. The van der Waals surface area contributed by atoms with Crippen LogP contribution in [0.1, 0.15) is 37.9 Å². The van der Waals surface area contributed by atoms with Gasteiger partial charge in [0.05, 0.1) is 34.7 Å². The molecule has 8 nitrogen and oxygen atoms in total. The number of azo groups is 1. The lowest BCUT2D eigenvalue weighted by Crippen LogP contribution is -2.48. The number of rotatable bonds is 6. The van der Waals surface area contributed by atoms with Crippen LogP contribution in [0.25, 0.3) is 17.2 Å². The molecule has 6 rings (SSSR count). The van der Waals surface area contributed by atoms with Crippen LogP contribution >= 0.6 is 0 Å². The number of aryl methyl sites for hydroxylation is 1. The summed E-state index contributed by atoms with van der Waals surface area (Å²) in [6.07, 6.45) is 5.92. The topological polar surface area (TPSA) is 102 Å². The highest BCUT2D eigenvalue weighted by Crippen LogP contribution is 2.63. The monoisotopic (exact) mass is 562 g/mol. The summed E-state index contributed by atoms with van der Waals surface area (Å²) in [5, 5.41) is 13.3. The Bertz CT molecular complexity index is 1720. The Balaban J connectivity index is 1.45. The van der Waals surface area contributed by atoms with Crippen molar-refractivity contribution in [3.8, 4) is 23.4 Å². The fourth-order valence-corrected chi connectivity index (χ4v) is 7.19. The predicted molar refractivity (Wildman–Crippen MR) is 145 cm³/mol. The minimum absolute atomic E-state index is 0.0704. The highest BCUT2D eigenvalue weighted by molar-refractivity contribution is 7.90. The SMILES string of the molecule is CC1(C)[C@H]2CC[C@]1(c1cccc(-c3ncnn3CCS(C)(=O)=O)n1)C1C#CC2/C=C(/c2c(F)cccc2F)N=N1. The lowest BCUT2D eigenvalue weighted by molar-refractivity contribution is 0.122. The molecule has 40 heavy (non-hydrogen) atoms. The first-order valence-electron chi connectivity index (χ1n) is 13.1. The van der Waals surface area contributed by atoms with E-state index in [-0.39, 0.29) is 40.8 Å². The number of halogens is 2. The lowest BCUT2D eigenvalue weighted by atomic mass is 9.58. The Hall–Kier alpha value is -3.78. The minimum atomic E-state index is -3.19. The summed E-state index contributed by atoms with van der Waals surface area (Å²) in [5.74, 6) is 5.50. The van der Waals surface area contributed by atoms with Crippen molar-refractivity contribution in [3.05, 3.63) is 71.7 Å². The Labute approximate surface area is 231 Å². The summed E-state index contributed by atoms with van der Waals surface area (Å²) in [6, 6.07) is 8.84. The first kappa shape index (κ1) is 26.4. The minimum Gasteiger partial charge on any atom is -0.249 e. The Morgan fingerprint density at radius 2 is 1.85 bits per heavy atom. The fourth-order valence-electron chi connectivity index (χ4n) is 6.68. The number of aromatic nitrogens is 4. The molecule has 0 amide bonds. The normalized spacial score (nSPS) is 27.7. The van der Waals surface area contributed by atoms with Gasteiger partial charge >= 0.3 is 0 Å². The Kier molecular flexibility index (Phi) is 6.22. The molecule has 0 saturated heterocycles. The molecule has 1 aliphatic heterocycles. The molecule has 1 fully saturated rings. The van der Waals surface area contributed by atoms with Crippen molar-refractivity contribution in [1.29, 1.82) is 0 Å². The summed E-state index contributed by atoms with van der Waals surface area (Å²) >= 11 is 0.